The molecule has 3 heterocycles. The quantitative estimate of drug-likeness (QED) is 0.279. The second-order valence-corrected chi connectivity index (χ2v) is 12.5. The minimum absolute atomic E-state index is 0.0713. The standard InChI is InChI=1S/C30H36F5N5O3/c1-18(2)22-7-5-19(3)13-23(22)43-27(41)39-17-20(14-28(9-10-28)30(33,34)35)38-25(39)15-29(42,26(31)32)24-8-6-21(16-36-24)40-12-4-11-37-40/h4,6,8,11-12,16-19,22-23,26,42H,5,7,9-10,13-15H2,1-3H3/t19-,22?,23-,29+/m0/s1. The van der Waals surface area contributed by atoms with Crippen LogP contribution in [-0.4, -0.2) is 54.2 Å². The molecule has 0 aromatic carbocycles. The Hall–Kier alpha value is -3.35. The third-order valence-electron chi connectivity index (χ3n) is 8.96. The highest BCUT2D eigenvalue weighted by Crippen LogP contribution is 2.59. The van der Waals surface area contributed by atoms with Crippen LogP contribution in [0.15, 0.2) is 43.0 Å². The van der Waals surface area contributed by atoms with E-state index in [9.17, 15) is 31.9 Å². The van der Waals surface area contributed by atoms with Gasteiger partial charge in [0, 0.05) is 31.4 Å². The molecule has 2 aliphatic carbocycles. The van der Waals surface area contributed by atoms with Crippen LogP contribution < -0.4 is 0 Å². The van der Waals surface area contributed by atoms with Crippen LogP contribution in [0.3, 0.4) is 0 Å². The topological polar surface area (TPSA) is 95.1 Å². The van der Waals surface area contributed by atoms with Crippen molar-refractivity contribution in [3.63, 3.8) is 0 Å². The molecule has 4 atom stereocenters. The Morgan fingerprint density at radius 3 is 2.51 bits per heavy atom. The summed E-state index contributed by atoms with van der Waals surface area (Å²) in [6.45, 7) is 6.11. The molecular formula is C30H36F5N5O3. The molecular weight excluding hydrogens is 573 g/mol. The number of rotatable bonds is 9. The number of carbonyl (C=O) groups excluding carboxylic acids is 1. The first-order valence-electron chi connectivity index (χ1n) is 14.5. The van der Waals surface area contributed by atoms with Crippen molar-refractivity contribution in [1.82, 2.24) is 24.3 Å². The first-order chi connectivity index (χ1) is 20.2. The highest BCUT2D eigenvalue weighted by Gasteiger charge is 2.63. The molecule has 0 saturated heterocycles. The fraction of sp³-hybridized carbons (Fsp3) is 0.600. The highest BCUT2D eigenvalue weighted by atomic mass is 19.4. The Bertz CT molecular complexity index is 1400. The van der Waals surface area contributed by atoms with Gasteiger partial charge in [-0.05, 0) is 61.6 Å². The molecule has 0 amide bonds. The van der Waals surface area contributed by atoms with E-state index >= 15 is 0 Å². The molecule has 2 saturated carbocycles. The summed E-state index contributed by atoms with van der Waals surface area (Å²) >= 11 is 0. The molecule has 1 N–H and O–H groups in total. The van der Waals surface area contributed by atoms with Crippen molar-refractivity contribution in [2.24, 2.45) is 23.2 Å². The van der Waals surface area contributed by atoms with Crippen molar-refractivity contribution in [3.05, 3.63) is 60.2 Å². The Morgan fingerprint density at radius 1 is 1.21 bits per heavy atom. The number of imidazole rings is 1. The molecule has 13 heteroatoms. The molecule has 234 valence electrons. The summed E-state index contributed by atoms with van der Waals surface area (Å²) < 4.78 is 78.6. The number of aromatic nitrogens is 5. The maximum atomic E-state index is 14.6. The van der Waals surface area contributed by atoms with E-state index in [0.29, 0.717) is 18.0 Å². The predicted molar refractivity (Wildman–Crippen MR) is 146 cm³/mol. The number of hydrogen-bond donors (Lipinski definition) is 1. The summed E-state index contributed by atoms with van der Waals surface area (Å²) in [7, 11) is 0. The van der Waals surface area contributed by atoms with Crippen LogP contribution in [0, 0.1) is 23.2 Å². The van der Waals surface area contributed by atoms with E-state index in [4.69, 9.17) is 4.74 Å². The predicted octanol–water partition coefficient (Wildman–Crippen LogP) is 6.49. The lowest BCUT2D eigenvalue weighted by Crippen LogP contribution is -2.40. The second kappa shape index (κ2) is 11.6. The van der Waals surface area contributed by atoms with Gasteiger partial charge in [-0.15, -0.1) is 0 Å². The highest BCUT2D eigenvalue weighted by molar-refractivity contribution is 5.71. The van der Waals surface area contributed by atoms with E-state index in [2.05, 4.69) is 22.0 Å². The van der Waals surface area contributed by atoms with Crippen molar-refractivity contribution in [2.45, 2.75) is 90.0 Å². The Morgan fingerprint density at radius 2 is 1.95 bits per heavy atom. The Balaban J connectivity index is 1.48. The van der Waals surface area contributed by atoms with E-state index in [0.717, 1.165) is 23.6 Å². The smallest absolute Gasteiger partial charge is 0.419 e. The molecule has 2 fully saturated rings. The number of alkyl halides is 5. The lowest BCUT2D eigenvalue weighted by Gasteiger charge is -2.36. The molecule has 0 spiro atoms. The minimum Gasteiger partial charge on any atom is -0.445 e. The maximum absolute atomic E-state index is 14.6. The van der Waals surface area contributed by atoms with Crippen molar-refractivity contribution < 1.29 is 36.6 Å². The molecule has 8 nitrogen and oxygen atoms in total. The van der Waals surface area contributed by atoms with Gasteiger partial charge in [-0.2, -0.15) is 18.3 Å². The van der Waals surface area contributed by atoms with Crippen LogP contribution in [0.2, 0.25) is 0 Å². The van der Waals surface area contributed by atoms with E-state index in [1.165, 1.54) is 29.2 Å². The van der Waals surface area contributed by atoms with Gasteiger partial charge in [-0.1, -0.05) is 27.2 Å². The van der Waals surface area contributed by atoms with Gasteiger partial charge in [0.1, 0.15) is 11.9 Å². The van der Waals surface area contributed by atoms with Crippen LogP contribution in [-0.2, 0) is 23.2 Å². The summed E-state index contributed by atoms with van der Waals surface area (Å²) in [6, 6.07) is 4.34. The normalized spacial score (nSPS) is 23.4. The molecule has 3 aromatic rings. The van der Waals surface area contributed by atoms with Crippen LogP contribution >= 0.6 is 0 Å². The van der Waals surface area contributed by atoms with Gasteiger partial charge in [-0.25, -0.2) is 27.8 Å². The summed E-state index contributed by atoms with van der Waals surface area (Å²) in [6.07, 6.45) is -2.83. The van der Waals surface area contributed by atoms with E-state index in [1.807, 2.05) is 13.8 Å². The SMILES string of the molecule is CC(C)C1CC[C@H](C)C[C@@H]1OC(=O)n1cc(CC2(C(F)(F)F)CC2)nc1C[C@@](O)(c1ccc(-n2cccn2)cn1)C(F)F. The van der Waals surface area contributed by atoms with Gasteiger partial charge < -0.3 is 9.84 Å². The van der Waals surface area contributed by atoms with Crippen LogP contribution in [0.5, 0.6) is 0 Å². The number of aliphatic hydroxyl groups is 1. The van der Waals surface area contributed by atoms with Crippen LogP contribution in [0.4, 0.5) is 26.7 Å². The van der Waals surface area contributed by atoms with Gasteiger partial charge in [0.05, 0.1) is 28.7 Å². The van der Waals surface area contributed by atoms with Gasteiger partial charge in [0.25, 0.3) is 6.43 Å². The molecule has 1 unspecified atom stereocenters. The zero-order chi connectivity index (χ0) is 31.2. The number of pyridine rings is 1. The lowest BCUT2D eigenvalue weighted by atomic mass is 9.75. The zero-order valence-electron chi connectivity index (χ0n) is 24.3. The third-order valence-corrected chi connectivity index (χ3v) is 8.96. The summed E-state index contributed by atoms with van der Waals surface area (Å²) in [5, 5.41) is 15.3. The van der Waals surface area contributed by atoms with Crippen molar-refractivity contribution in [2.75, 3.05) is 0 Å². The monoisotopic (exact) mass is 609 g/mol. The number of carbonyl (C=O) groups is 1. The first-order valence-corrected chi connectivity index (χ1v) is 14.5. The molecule has 5 rings (SSSR count). The van der Waals surface area contributed by atoms with Gasteiger partial charge in [-0.3, -0.25) is 4.98 Å². The van der Waals surface area contributed by atoms with Gasteiger partial charge >= 0.3 is 12.3 Å². The lowest BCUT2D eigenvalue weighted by molar-refractivity contribution is -0.186. The van der Waals surface area contributed by atoms with Crippen molar-refractivity contribution in [1.29, 1.82) is 0 Å². The van der Waals surface area contributed by atoms with E-state index < -0.39 is 54.4 Å². The van der Waals surface area contributed by atoms with Crippen molar-refractivity contribution in [3.8, 4) is 5.69 Å². The van der Waals surface area contributed by atoms with E-state index in [-0.39, 0.29) is 36.2 Å². The molecule has 0 aliphatic heterocycles. The number of halogens is 5. The second-order valence-electron chi connectivity index (χ2n) is 12.5. The molecule has 0 bridgehead atoms. The average Bonchev–Trinajstić information content (AvgIpc) is 3.35. The van der Waals surface area contributed by atoms with Gasteiger partial charge in [0.2, 0.25) is 0 Å². The Kier molecular flexibility index (Phi) is 8.40. The largest absolute Gasteiger partial charge is 0.445 e. The fourth-order valence-electron chi connectivity index (χ4n) is 6.05. The third kappa shape index (κ3) is 6.32. The van der Waals surface area contributed by atoms with Gasteiger partial charge in [0.15, 0.2) is 5.60 Å². The number of nitrogens with zero attached hydrogens (tertiary/aromatic N) is 5. The van der Waals surface area contributed by atoms with Crippen LogP contribution in [0.1, 0.15) is 70.1 Å². The summed E-state index contributed by atoms with van der Waals surface area (Å²) in [4.78, 5) is 21.8. The number of hydrogen-bond acceptors (Lipinski definition) is 6. The van der Waals surface area contributed by atoms with Crippen molar-refractivity contribution >= 4 is 6.09 Å². The summed E-state index contributed by atoms with van der Waals surface area (Å²) in [5.41, 5.74) is -4.89. The van der Waals surface area contributed by atoms with E-state index in [1.54, 1.807) is 12.3 Å². The fourth-order valence-corrected chi connectivity index (χ4v) is 6.05. The first kappa shape index (κ1) is 31.1. The van der Waals surface area contributed by atoms with Crippen LogP contribution in [0.25, 0.3) is 5.69 Å². The molecule has 0 radical (unpaired) electrons. The average molecular weight is 610 g/mol. The maximum Gasteiger partial charge on any atom is 0.419 e. The molecule has 43 heavy (non-hydrogen) atoms. The minimum atomic E-state index is -4.48. The summed E-state index contributed by atoms with van der Waals surface area (Å²) in [5.74, 6) is 0.252. The zero-order valence-corrected chi connectivity index (χ0v) is 24.3. The Labute approximate surface area is 246 Å². The molecule has 3 aromatic heterocycles. The molecule has 2 aliphatic rings. The number of ether oxygens (including phenoxy) is 1.